The zero-order chi connectivity index (χ0) is 9.40. The Kier molecular flexibility index (Phi) is 8.12. The molecular formula is C7H16N2OSSe. The van der Waals surface area contributed by atoms with Crippen LogP contribution in [0.4, 0.5) is 0 Å². The fraction of sp³-hybridized carbons (Fsp3) is 0.857. The molecule has 72 valence electrons. The Labute approximate surface area is 85.4 Å². The zero-order valence-electron chi connectivity index (χ0n) is 7.25. The van der Waals surface area contributed by atoms with Crippen molar-refractivity contribution in [3.63, 3.8) is 0 Å². The standard InChI is InChI=1S/C7H16N2OSSe/c1-6(5-12-3-2-8)9-7(10)4-11/h6,11H,2-5,8H2,1H3,(H,9,10). The minimum absolute atomic E-state index is 0.00869. The average Bonchev–Trinajstić information content (AvgIpc) is 2.05. The summed E-state index contributed by atoms with van der Waals surface area (Å²) in [5.74, 6) is 0.281. The van der Waals surface area contributed by atoms with E-state index in [9.17, 15) is 4.79 Å². The maximum absolute atomic E-state index is 10.8. The van der Waals surface area contributed by atoms with Crippen LogP contribution in [0.2, 0.25) is 10.6 Å². The molecule has 3 nitrogen and oxygen atoms in total. The van der Waals surface area contributed by atoms with Gasteiger partial charge in [0.1, 0.15) is 0 Å². The van der Waals surface area contributed by atoms with E-state index in [0.717, 1.165) is 17.2 Å². The van der Waals surface area contributed by atoms with Crippen LogP contribution in [-0.4, -0.2) is 39.2 Å². The van der Waals surface area contributed by atoms with E-state index in [2.05, 4.69) is 17.9 Å². The zero-order valence-corrected chi connectivity index (χ0v) is 9.85. The van der Waals surface area contributed by atoms with Gasteiger partial charge in [-0.1, -0.05) is 0 Å². The van der Waals surface area contributed by atoms with Crippen LogP contribution in [0.15, 0.2) is 0 Å². The monoisotopic (exact) mass is 256 g/mol. The van der Waals surface area contributed by atoms with Gasteiger partial charge in [-0.05, 0) is 0 Å². The van der Waals surface area contributed by atoms with Gasteiger partial charge in [0, 0.05) is 0 Å². The Hall–Kier alpha value is 0.299. The van der Waals surface area contributed by atoms with Crippen LogP contribution in [0, 0.1) is 0 Å². The molecule has 0 radical (unpaired) electrons. The predicted octanol–water partition coefficient (Wildman–Crippen LogP) is -0.0796. The van der Waals surface area contributed by atoms with Crippen LogP contribution >= 0.6 is 12.6 Å². The topological polar surface area (TPSA) is 55.1 Å². The number of amides is 1. The molecule has 0 aliphatic rings. The van der Waals surface area contributed by atoms with Crippen LogP contribution in [0.5, 0.6) is 0 Å². The molecule has 1 amide bonds. The first kappa shape index (κ1) is 12.3. The molecule has 0 saturated carbocycles. The molecule has 0 fully saturated rings. The number of hydrogen-bond acceptors (Lipinski definition) is 3. The van der Waals surface area contributed by atoms with Gasteiger partial charge in [-0.2, -0.15) is 0 Å². The van der Waals surface area contributed by atoms with Crippen LogP contribution in [0.25, 0.3) is 0 Å². The molecule has 3 N–H and O–H groups in total. The van der Waals surface area contributed by atoms with Crippen molar-refractivity contribution in [3.8, 4) is 0 Å². The van der Waals surface area contributed by atoms with Gasteiger partial charge >= 0.3 is 85.2 Å². The Bertz CT molecular complexity index is 135. The van der Waals surface area contributed by atoms with Gasteiger partial charge in [-0.3, -0.25) is 0 Å². The summed E-state index contributed by atoms with van der Waals surface area (Å²) in [7, 11) is 0. The van der Waals surface area contributed by atoms with Gasteiger partial charge in [0.25, 0.3) is 0 Å². The Morgan fingerprint density at radius 2 is 2.42 bits per heavy atom. The van der Waals surface area contributed by atoms with Crippen molar-refractivity contribution in [1.82, 2.24) is 5.32 Å². The van der Waals surface area contributed by atoms with Crippen molar-refractivity contribution in [2.24, 2.45) is 5.73 Å². The minimum atomic E-state index is 0.00869. The third-order valence-electron chi connectivity index (χ3n) is 1.18. The molecule has 1 atom stereocenters. The van der Waals surface area contributed by atoms with Crippen LogP contribution in [-0.2, 0) is 4.79 Å². The van der Waals surface area contributed by atoms with Crippen LogP contribution in [0.1, 0.15) is 6.92 Å². The van der Waals surface area contributed by atoms with Crippen molar-refractivity contribution in [3.05, 3.63) is 0 Å². The van der Waals surface area contributed by atoms with Crippen molar-refractivity contribution in [2.75, 3.05) is 12.3 Å². The first-order chi connectivity index (χ1) is 5.70. The number of nitrogens with two attached hydrogens (primary N) is 1. The molecule has 12 heavy (non-hydrogen) atoms. The molecule has 0 aliphatic carbocycles. The van der Waals surface area contributed by atoms with Gasteiger partial charge in [-0.15, -0.1) is 0 Å². The third-order valence-corrected chi connectivity index (χ3v) is 4.11. The van der Waals surface area contributed by atoms with Gasteiger partial charge in [0.15, 0.2) is 0 Å². The predicted molar refractivity (Wildman–Crippen MR) is 55.9 cm³/mol. The normalized spacial score (nSPS) is 12.6. The van der Waals surface area contributed by atoms with Gasteiger partial charge in [-0.25, -0.2) is 0 Å². The molecule has 0 heterocycles. The molecule has 0 aliphatic heterocycles. The summed E-state index contributed by atoms with van der Waals surface area (Å²) in [6.07, 6.45) is 0. The first-order valence-corrected chi connectivity index (χ1v) is 6.94. The summed E-state index contributed by atoms with van der Waals surface area (Å²) in [5.41, 5.74) is 5.36. The van der Waals surface area contributed by atoms with Gasteiger partial charge in [0.05, 0.1) is 0 Å². The molecular weight excluding hydrogens is 239 g/mol. The summed E-state index contributed by atoms with van der Waals surface area (Å²) in [6.45, 7) is 2.77. The molecule has 1 unspecified atom stereocenters. The molecule has 0 saturated heterocycles. The second-order valence-electron chi connectivity index (χ2n) is 2.49. The fourth-order valence-corrected chi connectivity index (χ4v) is 2.41. The van der Waals surface area contributed by atoms with Crippen molar-refractivity contribution < 1.29 is 4.79 Å². The summed E-state index contributed by atoms with van der Waals surface area (Å²) in [5, 5.41) is 5.00. The number of carbonyl (C=O) groups is 1. The molecule has 0 aromatic heterocycles. The van der Waals surface area contributed by atoms with Crippen molar-refractivity contribution in [1.29, 1.82) is 0 Å². The maximum atomic E-state index is 10.8. The number of hydrogen-bond donors (Lipinski definition) is 3. The molecule has 0 aromatic rings. The number of rotatable bonds is 6. The Morgan fingerprint density at radius 3 is 2.92 bits per heavy atom. The van der Waals surface area contributed by atoms with E-state index in [1.165, 1.54) is 0 Å². The van der Waals surface area contributed by atoms with E-state index >= 15 is 0 Å². The summed E-state index contributed by atoms with van der Waals surface area (Å²) in [4.78, 5) is 10.8. The van der Waals surface area contributed by atoms with Crippen LogP contribution < -0.4 is 11.1 Å². The van der Waals surface area contributed by atoms with E-state index < -0.39 is 0 Å². The third kappa shape index (κ3) is 6.98. The molecule has 0 spiro atoms. The fourth-order valence-electron chi connectivity index (χ4n) is 0.706. The second kappa shape index (κ2) is 7.92. The van der Waals surface area contributed by atoms with Gasteiger partial charge < -0.3 is 0 Å². The Balaban J connectivity index is 3.32. The van der Waals surface area contributed by atoms with E-state index in [0.29, 0.717) is 15.0 Å². The number of nitrogens with one attached hydrogen (secondary N) is 1. The van der Waals surface area contributed by atoms with E-state index in [-0.39, 0.29) is 17.7 Å². The first-order valence-electron chi connectivity index (χ1n) is 3.88. The summed E-state index contributed by atoms with van der Waals surface area (Å²) < 4.78 is 0. The summed E-state index contributed by atoms with van der Waals surface area (Å²) >= 11 is 4.44. The van der Waals surface area contributed by atoms with E-state index in [4.69, 9.17) is 5.73 Å². The number of thiol groups is 1. The quantitative estimate of drug-likeness (QED) is 0.353. The van der Waals surface area contributed by atoms with Crippen molar-refractivity contribution in [2.45, 2.75) is 23.6 Å². The average molecular weight is 255 g/mol. The molecule has 0 aromatic carbocycles. The number of carbonyl (C=O) groups excluding carboxylic acids is 1. The van der Waals surface area contributed by atoms with E-state index in [1.807, 2.05) is 6.92 Å². The molecule has 5 heteroatoms. The van der Waals surface area contributed by atoms with Crippen molar-refractivity contribution >= 4 is 33.5 Å². The van der Waals surface area contributed by atoms with E-state index in [1.54, 1.807) is 0 Å². The van der Waals surface area contributed by atoms with Gasteiger partial charge in [0.2, 0.25) is 0 Å². The summed E-state index contributed by atoms with van der Waals surface area (Å²) in [6, 6.07) is 0.274. The van der Waals surface area contributed by atoms with Crippen LogP contribution in [0.3, 0.4) is 0 Å². The second-order valence-corrected chi connectivity index (χ2v) is 5.22. The Morgan fingerprint density at radius 1 is 1.75 bits per heavy atom. The SMILES string of the molecule is CC(C[Se]CCN)NC(=O)CS. The molecule has 0 rings (SSSR count). The molecule has 0 bridgehead atoms.